The summed E-state index contributed by atoms with van der Waals surface area (Å²) in [6.45, 7) is 1.68. The average molecular weight is 272 g/mol. The number of alkyl halides is 3. The number of anilines is 1. The van der Waals surface area contributed by atoms with Gasteiger partial charge in [-0.15, -0.1) is 0 Å². The highest BCUT2D eigenvalue weighted by Crippen LogP contribution is 2.29. The van der Waals surface area contributed by atoms with E-state index in [-0.39, 0.29) is 11.9 Å². The molecule has 0 spiro atoms. The fourth-order valence-electron chi connectivity index (χ4n) is 1.62. The Morgan fingerprint density at radius 3 is 2.32 bits per heavy atom. The van der Waals surface area contributed by atoms with Gasteiger partial charge in [-0.2, -0.15) is 13.2 Å². The molecule has 1 atom stereocenters. The molecule has 3 nitrogen and oxygen atoms in total. The molecule has 19 heavy (non-hydrogen) atoms. The minimum Gasteiger partial charge on any atom is -0.374 e. The number of halogens is 3. The van der Waals surface area contributed by atoms with Crippen LogP contribution in [0.2, 0.25) is 0 Å². The molecular weight excluding hydrogens is 257 g/mol. The van der Waals surface area contributed by atoms with Gasteiger partial charge in [-0.25, -0.2) is 0 Å². The summed E-state index contributed by atoms with van der Waals surface area (Å²) in [6.07, 6.45) is -2.34. The zero-order valence-electron chi connectivity index (χ0n) is 10.4. The Labute approximate surface area is 109 Å². The zero-order chi connectivity index (χ0) is 14.0. The van der Waals surface area contributed by atoms with Gasteiger partial charge in [-0.05, 0) is 44.0 Å². The van der Waals surface area contributed by atoms with Crippen molar-refractivity contribution in [3.63, 3.8) is 0 Å². The van der Waals surface area contributed by atoms with Gasteiger partial charge in [0.1, 0.15) is 6.04 Å². The molecule has 1 aliphatic carbocycles. The summed E-state index contributed by atoms with van der Waals surface area (Å²) in [6, 6.07) is 4.43. The molecule has 1 aromatic rings. The number of hydrogen-bond donors (Lipinski definition) is 2. The summed E-state index contributed by atoms with van der Waals surface area (Å²) < 4.78 is 37.1. The molecule has 1 aromatic carbocycles. The Morgan fingerprint density at radius 2 is 1.84 bits per heavy atom. The third kappa shape index (κ3) is 3.87. The lowest BCUT2D eigenvalue weighted by Crippen LogP contribution is -2.38. The molecule has 0 heterocycles. The Hall–Kier alpha value is -1.72. The average Bonchev–Trinajstić information content (AvgIpc) is 3.12. The van der Waals surface area contributed by atoms with Crippen LogP contribution in [0.3, 0.4) is 0 Å². The van der Waals surface area contributed by atoms with Crippen LogP contribution in [0, 0.1) is 0 Å². The number of benzene rings is 1. The van der Waals surface area contributed by atoms with Gasteiger partial charge in [0, 0.05) is 11.7 Å². The first-order valence-corrected chi connectivity index (χ1v) is 6.10. The Balaban J connectivity index is 1.93. The van der Waals surface area contributed by atoms with E-state index in [1.54, 1.807) is 6.92 Å². The standard InChI is InChI=1S/C13H15F3N2O/c1-8(12(19)18-11-6-7-11)17-10-4-2-9(3-5-10)13(14,15)16/h2-5,8,11,17H,6-7H2,1H3,(H,18,19). The predicted molar refractivity (Wildman–Crippen MR) is 65.7 cm³/mol. The molecule has 0 aliphatic heterocycles. The maximum Gasteiger partial charge on any atom is 0.416 e. The molecule has 1 saturated carbocycles. The van der Waals surface area contributed by atoms with Gasteiger partial charge in [0.15, 0.2) is 0 Å². The monoisotopic (exact) mass is 272 g/mol. The first kappa shape index (κ1) is 13.7. The van der Waals surface area contributed by atoms with E-state index in [0.717, 1.165) is 25.0 Å². The first-order chi connectivity index (χ1) is 8.86. The summed E-state index contributed by atoms with van der Waals surface area (Å²) in [5, 5.41) is 5.70. The second kappa shape index (κ2) is 5.11. The second-order valence-electron chi connectivity index (χ2n) is 4.72. The lowest BCUT2D eigenvalue weighted by molar-refractivity contribution is -0.137. The maximum absolute atomic E-state index is 12.4. The fraction of sp³-hybridized carbons (Fsp3) is 0.462. The number of nitrogens with one attached hydrogen (secondary N) is 2. The molecule has 0 saturated heterocycles. The van der Waals surface area contributed by atoms with Gasteiger partial charge in [0.25, 0.3) is 0 Å². The molecule has 2 rings (SSSR count). The summed E-state index contributed by atoms with van der Waals surface area (Å²) >= 11 is 0. The Kier molecular flexibility index (Phi) is 3.68. The number of carbonyl (C=O) groups is 1. The second-order valence-corrected chi connectivity index (χ2v) is 4.72. The van der Waals surface area contributed by atoms with Crippen LogP contribution in [0.15, 0.2) is 24.3 Å². The Morgan fingerprint density at radius 1 is 1.26 bits per heavy atom. The van der Waals surface area contributed by atoms with Gasteiger partial charge in [0.2, 0.25) is 5.91 Å². The molecule has 6 heteroatoms. The van der Waals surface area contributed by atoms with Crippen molar-refractivity contribution in [2.24, 2.45) is 0 Å². The third-order valence-electron chi connectivity index (χ3n) is 2.91. The minimum atomic E-state index is -4.34. The van der Waals surface area contributed by atoms with Crippen molar-refractivity contribution >= 4 is 11.6 Å². The third-order valence-corrected chi connectivity index (χ3v) is 2.91. The highest BCUT2D eigenvalue weighted by atomic mass is 19.4. The molecule has 1 fully saturated rings. The van der Waals surface area contributed by atoms with Crippen molar-refractivity contribution in [2.75, 3.05) is 5.32 Å². The molecule has 2 N–H and O–H groups in total. The van der Waals surface area contributed by atoms with Crippen LogP contribution in [0.4, 0.5) is 18.9 Å². The highest BCUT2D eigenvalue weighted by Gasteiger charge is 2.30. The van der Waals surface area contributed by atoms with E-state index in [2.05, 4.69) is 10.6 Å². The van der Waals surface area contributed by atoms with Gasteiger partial charge in [-0.1, -0.05) is 0 Å². The van der Waals surface area contributed by atoms with E-state index in [4.69, 9.17) is 0 Å². The molecule has 0 bridgehead atoms. The summed E-state index contributed by atoms with van der Waals surface area (Å²) in [7, 11) is 0. The van der Waals surface area contributed by atoms with Crippen molar-refractivity contribution < 1.29 is 18.0 Å². The highest BCUT2D eigenvalue weighted by molar-refractivity contribution is 5.84. The number of hydrogen-bond acceptors (Lipinski definition) is 2. The zero-order valence-corrected chi connectivity index (χ0v) is 10.4. The van der Waals surface area contributed by atoms with Crippen LogP contribution >= 0.6 is 0 Å². The van der Waals surface area contributed by atoms with Gasteiger partial charge >= 0.3 is 6.18 Å². The van der Waals surface area contributed by atoms with Crippen LogP contribution in [0.5, 0.6) is 0 Å². The van der Waals surface area contributed by atoms with Gasteiger partial charge in [0.05, 0.1) is 5.56 Å². The molecular formula is C13H15F3N2O. The summed E-state index contributed by atoms with van der Waals surface area (Å²) in [4.78, 5) is 11.7. The lowest BCUT2D eigenvalue weighted by Gasteiger charge is -2.15. The molecule has 1 unspecified atom stereocenters. The molecule has 1 aliphatic rings. The smallest absolute Gasteiger partial charge is 0.374 e. The van der Waals surface area contributed by atoms with E-state index in [1.165, 1.54) is 12.1 Å². The van der Waals surface area contributed by atoms with E-state index < -0.39 is 17.8 Å². The van der Waals surface area contributed by atoms with E-state index in [9.17, 15) is 18.0 Å². The topological polar surface area (TPSA) is 41.1 Å². The van der Waals surface area contributed by atoms with Crippen molar-refractivity contribution in [2.45, 2.75) is 38.0 Å². The van der Waals surface area contributed by atoms with Crippen molar-refractivity contribution in [3.8, 4) is 0 Å². The number of rotatable bonds is 4. The van der Waals surface area contributed by atoms with Crippen LogP contribution in [0.25, 0.3) is 0 Å². The molecule has 1 amide bonds. The van der Waals surface area contributed by atoms with Crippen molar-refractivity contribution in [1.29, 1.82) is 0 Å². The van der Waals surface area contributed by atoms with Crippen LogP contribution in [0.1, 0.15) is 25.3 Å². The van der Waals surface area contributed by atoms with Gasteiger partial charge in [-0.3, -0.25) is 4.79 Å². The quantitative estimate of drug-likeness (QED) is 0.885. The predicted octanol–water partition coefficient (Wildman–Crippen LogP) is 2.78. The number of amides is 1. The van der Waals surface area contributed by atoms with Gasteiger partial charge < -0.3 is 10.6 Å². The SMILES string of the molecule is CC(Nc1ccc(C(F)(F)F)cc1)C(=O)NC1CC1. The summed E-state index contributed by atoms with van der Waals surface area (Å²) in [5.41, 5.74) is -0.209. The summed E-state index contributed by atoms with van der Waals surface area (Å²) in [5.74, 6) is -0.137. The molecule has 0 aromatic heterocycles. The molecule has 0 radical (unpaired) electrons. The van der Waals surface area contributed by atoms with Crippen molar-refractivity contribution in [1.82, 2.24) is 5.32 Å². The van der Waals surface area contributed by atoms with E-state index in [0.29, 0.717) is 5.69 Å². The largest absolute Gasteiger partial charge is 0.416 e. The lowest BCUT2D eigenvalue weighted by atomic mass is 10.2. The fourth-order valence-corrected chi connectivity index (χ4v) is 1.62. The molecule has 104 valence electrons. The van der Waals surface area contributed by atoms with Crippen LogP contribution in [-0.2, 0) is 11.0 Å². The van der Waals surface area contributed by atoms with Crippen molar-refractivity contribution in [3.05, 3.63) is 29.8 Å². The minimum absolute atomic E-state index is 0.137. The first-order valence-electron chi connectivity index (χ1n) is 6.10. The van der Waals surface area contributed by atoms with Crippen LogP contribution in [-0.4, -0.2) is 18.0 Å². The maximum atomic E-state index is 12.4. The Bertz CT molecular complexity index is 452. The van der Waals surface area contributed by atoms with Crippen LogP contribution < -0.4 is 10.6 Å². The van der Waals surface area contributed by atoms with E-state index >= 15 is 0 Å². The number of carbonyl (C=O) groups excluding carboxylic acids is 1. The normalized spacial score (nSPS) is 16.8. The van der Waals surface area contributed by atoms with E-state index in [1.807, 2.05) is 0 Å².